The van der Waals surface area contributed by atoms with Crippen molar-refractivity contribution in [3.63, 3.8) is 0 Å². The van der Waals surface area contributed by atoms with E-state index < -0.39 is 0 Å². The molecule has 0 fully saturated rings. The fourth-order valence-corrected chi connectivity index (χ4v) is 1.27. The lowest BCUT2D eigenvalue weighted by atomic mass is 10.3. The smallest absolute Gasteiger partial charge is 0.0844 e. The van der Waals surface area contributed by atoms with E-state index in [0.29, 0.717) is 11.6 Å². The van der Waals surface area contributed by atoms with Crippen molar-refractivity contribution in [3.05, 3.63) is 16.4 Å². The second-order valence-corrected chi connectivity index (χ2v) is 3.49. The van der Waals surface area contributed by atoms with E-state index in [1.54, 1.807) is 4.68 Å². The molecule has 13 heavy (non-hydrogen) atoms. The van der Waals surface area contributed by atoms with Crippen LogP contribution in [0.1, 0.15) is 11.4 Å². The molecule has 74 valence electrons. The van der Waals surface area contributed by atoms with Crippen molar-refractivity contribution in [2.45, 2.75) is 26.4 Å². The average molecular weight is 204 g/mol. The Kier molecular flexibility index (Phi) is 3.30. The normalized spacial score (nSPS) is 13.3. The SMILES string of the molecule is Cc1nn(CC(N)CO)c(C)c1Cl. The van der Waals surface area contributed by atoms with Gasteiger partial charge in [0.25, 0.3) is 0 Å². The summed E-state index contributed by atoms with van der Waals surface area (Å²) in [6.45, 7) is 4.18. The molecule has 1 aromatic heterocycles. The lowest BCUT2D eigenvalue weighted by Gasteiger charge is -2.09. The number of nitrogens with two attached hydrogens (primary N) is 1. The third-order valence-electron chi connectivity index (χ3n) is 1.94. The Morgan fingerprint density at radius 1 is 1.62 bits per heavy atom. The number of nitrogens with zero attached hydrogens (tertiary/aromatic N) is 2. The molecule has 0 aromatic carbocycles. The first-order chi connectivity index (χ1) is 6.06. The van der Waals surface area contributed by atoms with E-state index in [2.05, 4.69) is 5.10 Å². The first kappa shape index (κ1) is 10.5. The van der Waals surface area contributed by atoms with Crippen LogP contribution in [0.4, 0.5) is 0 Å². The van der Waals surface area contributed by atoms with Crippen LogP contribution in [-0.2, 0) is 6.54 Å². The molecule has 1 aromatic rings. The van der Waals surface area contributed by atoms with Crippen molar-refractivity contribution in [1.82, 2.24) is 9.78 Å². The molecule has 0 bridgehead atoms. The van der Waals surface area contributed by atoms with Crippen LogP contribution in [-0.4, -0.2) is 27.5 Å². The minimum atomic E-state index is -0.283. The molecule has 4 nitrogen and oxygen atoms in total. The summed E-state index contributed by atoms with van der Waals surface area (Å²) in [5, 5.41) is 13.6. The van der Waals surface area contributed by atoms with Gasteiger partial charge in [0.05, 0.1) is 29.6 Å². The van der Waals surface area contributed by atoms with Gasteiger partial charge in [-0.25, -0.2) is 0 Å². The van der Waals surface area contributed by atoms with E-state index in [9.17, 15) is 0 Å². The second-order valence-electron chi connectivity index (χ2n) is 3.11. The Morgan fingerprint density at radius 2 is 2.23 bits per heavy atom. The lowest BCUT2D eigenvalue weighted by Crippen LogP contribution is -2.30. The van der Waals surface area contributed by atoms with Gasteiger partial charge in [-0.15, -0.1) is 0 Å². The summed E-state index contributed by atoms with van der Waals surface area (Å²) in [6.07, 6.45) is 0. The summed E-state index contributed by atoms with van der Waals surface area (Å²) in [7, 11) is 0. The van der Waals surface area contributed by atoms with E-state index >= 15 is 0 Å². The van der Waals surface area contributed by atoms with Gasteiger partial charge in [0, 0.05) is 6.04 Å². The zero-order valence-corrected chi connectivity index (χ0v) is 8.54. The molecule has 0 radical (unpaired) electrons. The molecule has 0 aliphatic carbocycles. The van der Waals surface area contributed by atoms with Gasteiger partial charge in [-0.3, -0.25) is 4.68 Å². The maximum Gasteiger partial charge on any atom is 0.0844 e. The van der Waals surface area contributed by atoms with Gasteiger partial charge in [0.1, 0.15) is 0 Å². The summed E-state index contributed by atoms with van der Waals surface area (Å²) in [5.74, 6) is 0. The Hall–Kier alpha value is -0.580. The third kappa shape index (κ3) is 2.21. The molecule has 0 spiro atoms. The highest BCUT2D eigenvalue weighted by molar-refractivity contribution is 6.31. The molecule has 0 saturated carbocycles. The Labute approximate surface area is 82.3 Å². The summed E-state index contributed by atoms with van der Waals surface area (Å²) >= 11 is 5.94. The van der Waals surface area contributed by atoms with Gasteiger partial charge in [-0.1, -0.05) is 11.6 Å². The molecular weight excluding hydrogens is 190 g/mol. The molecule has 1 unspecified atom stereocenters. The zero-order valence-electron chi connectivity index (χ0n) is 7.79. The molecule has 1 atom stereocenters. The molecule has 0 amide bonds. The van der Waals surface area contributed by atoms with E-state index in [-0.39, 0.29) is 12.6 Å². The fraction of sp³-hybridized carbons (Fsp3) is 0.625. The van der Waals surface area contributed by atoms with E-state index in [4.69, 9.17) is 22.4 Å². The highest BCUT2D eigenvalue weighted by atomic mass is 35.5. The monoisotopic (exact) mass is 203 g/mol. The Bertz CT molecular complexity index is 298. The average Bonchev–Trinajstić information content (AvgIpc) is 2.34. The second kappa shape index (κ2) is 4.09. The predicted molar refractivity (Wildman–Crippen MR) is 51.8 cm³/mol. The maximum absolute atomic E-state index is 8.76. The van der Waals surface area contributed by atoms with Crippen molar-refractivity contribution in [2.24, 2.45) is 5.73 Å². The van der Waals surface area contributed by atoms with Crippen LogP contribution < -0.4 is 5.73 Å². The molecular formula is C8H14ClN3O. The van der Waals surface area contributed by atoms with Crippen molar-refractivity contribution >= 4 is 11.6 Å². The lowest BCUT2D eigenvalue weighted by molar-refractivity contribution is 0.250. The van der Waals surface area contributed by atoms with Crippen LogP contribution in [0, 0.1) is 13.8 Å². The quantitative estimate of drug-likeness (QED) is 0.751. The number of aliphatic hydroxyl groups excluding tert-OH is 1. The number of aliphatic hydroxyl groups is 1. The summed E-state index contributed by atoms with van der Waals surface area (Å²) in [5.41, 5.74) is 7.27. The standard InChI is InChI=1S/C8H14ClN3O/c1-5-8(9)6(2)12(11-5)3-7(10)4-13/h7,13H,3-4,10H2,1-2H3. The first-order valence-electron chi connectivity index (χ1n) is 4.12. The van der Waals surface area contributed by atoms with Crippen LogP contribution in [0.25, 0.3) is 0 Å². The largest absolute Gasteiger partial charge is 0.395 e. The number of rotatable bonds is 3. The Morgan fingerprint density at radius 3 is 2.62 bits per heavy atom. The van der Waals surface area contributed by atoms with Crippen LogP contribution in [0.5, 0.6) is 0 Å². The minimum absolute atomic E-state index is 0.0457. The molecule has 0 saturated heterocycles. The first-order valence-corrected chi connectivity index (χ1v) is 4.50. The van der Waals surface area contributed by atoms with Crippen LogP contribution in [0.3, 0.4) is 0 Å². The summed E-state index contributed by atoms with van der Waals surface area (Å²) < 4.78 is 1.72. The molecule has 3 N–H and O–H groups in total. The predicted octanol–water partition coefficient (Wildman–Crippen LogP) is 0.473. The van der Waals surface area contributed by atoms with Crippen molar-refractivity contribution < 1.29 is 5.11 Å². The van der Waals surface area contributed by atoms with Crippen molar-refractivity contribution in [1.29, 1.82) is 0 Å². The Balaban J connectivity index is 2.83. The molecule has 1 rings (SSSR count). The van der Waals surface area contributed by atoms with Gasteiger partial charge in [0.15, 0.2) is 0 Å². The van der Waals surface area contributed by atoms with Crippen LogP contribution >= 0.6 is 11.6 Å². The fourth-order valence-electron chi connectivity index (χ4n) is 1.13. The van der Waals surface area contributed by atoms with Crippen LogP contribution in [0.15, 0.2) is 0 Å². The van der Waals surface area contributed by atoms with Crippen LogP contribution in [0.2, 0.25) is 5.02 Å². The van der Waals surface area contributed by atoms with E-state index in [1.807, 2.05) is 13.8 Å². The van der Waals surface area contributed by atoms with Gasteiger partial charge < -0.3 is 10.8 Å². The van der Waals surface area contributed by atoms with Crippen molar-refractivity contribution in [2.75, 3.05) is 6.61 Å². The van der Waals surface area contributed by atoms with Crippen molar-refractivity contribution in [3.8, 4) is 0 Å². The summed E-state index contributed by atoms with van der Waals surface area (Å²) in [6, 6.07) is -0.283. The van der Waals surface area contributed by atoms with Gasteiger partial charge in [0.2, 0.25) is 0 Å². The third-order valence-corrected chi connectivity index (χ3v) is 2.48. The molecule has 0 aliphatic rings. The number of aryl methyl sites for hydroxylation is 1. The minimum Gasteiger partial charge on any atom is -0.395 e. The number of halogens is 1. The van der Waals surface area contributed by atoms with Gasteiger partial charge in [-0.2, -0.15) is 5.10 Å². The molecule has 0 aliphatic heterocycles. The maximum atomic E-state index is 8.76. The van der Waals surface area contributed by atoms with Gasteiger partial charge >= 0.3 is 0 Å². The van der Waals surface area contributed by atoms with Gasteiger partial charge in [-0.05, 0) is 13.8 Å². The highest BCUT2D eigenvalue weighted by Gasteiger charge is 2.10. The number of hydrogen-bond donors (Lipinski definition) is 2. The summed E-state index contributed by atoms with van der Waals surface area (Å²) in [4.78, 5) is 0. The highest BCUT2D eigenvalue weighted by Crippen LogP contribution is 2.18. The zero-order chi connectivity index (χ0) is 10.0. The topological polar surface area (TPSA) is 64.1 Å². The molecule has 5 heteroatoms. The molecule has 1 heterocycles. The van der Waals surface area contributed by atoms with E-state index in [1.165, 1.54) is 0 Å². The number of hydrogen-bond acceptors (Lipinski definition) is 3. The van der Waals surface area contributed by atoms with E-state index in [0.717, 1.165) is 11.4 Å². The number of aromatic nitrogens is 2.